The number of amides is 2. The van der Waals surface area contributed by atoms with Crippen molar-refractivity contribution in [2.75, 3.05) is 23.7 Å². The van der Waals surface area contributed by atoms with Crippen molar-refractivity contribution >= 4 is 45.0 Å². The van der Waals surface area contributed by atoms with Crippen molar-refractivity contribution in [1.82, 2.24) is 4.31 Å². The molecular weight excluding hydrogens is 458 g/mol. The Morgan fingerprint density at radius 1 is 1.12 bits per heavy atom. The van der Waals surface area contributed by atoms with Crippen LogP contribution in [-0.4, -0.2) is 42.9 Å². The van der Waals surface area contributed by atoms with E-state index in [-0.39, 0.29) is 41.0 Å². The van der Waals surface area contributed by atoms with E-state index in [9.17, 15) is 18.0 Å². The number of nitrogens with one attached hydrogen (secondary N) is 2. The fourth-order valence-corrected chi connectivity index (χ4v) is 6.48. The lowest BCUT2D eigenvalue weighted by Gasteiger charge is -2.31. The Bertz CT molecular complexity index is 1150. The summed E-state index contributed by atoms with van der Waals surface area (Å²) in [6.07, 6.45) is 0.925. The first-order chi connectivity index (χ1) is 15.6. The normalized spacial score (nSPS) is 19.8. The number of sulfonamides is 1. The second kappa shape index (κ2) is 9.48. The van der Waals surface area contributed by atoms with Crippen LogP contribution >= 0.6 is 11.8 Å². The summed E-state index contributed by atoms with van der Waals surface area (Å²) >= 11 is 1.42. The topological polar surface area (TPSA) is 95.6 Å². The van der Waals surface area contributed by atoms with Crippen LogP contribution in [0, 0.1) is 5.92 Å². The van der Waals surface area contributed by atoms with E-state index in [2.05, 4.69) is 24.5 Å². The van der Waals surface area contributed by atoms with Gasteiger partial charge >= 0.3 is 0 Å². The number of thioether (sulfide) groups is 1. The van der Waals surface area contributed by atoms with Crippen LogP contribution in [0.3, 0.4) is 0 Å². The number of piperidine rings is 1. The van der Waals surface area contributed by atoms with Crippen LogP contribution < -0.4 is 10.6 Å². The van der Waals surface area contributed by atoms with Gasteiger partial charge in [-0.1, -0.05) is 26.0 Å². The SMILES string of the molecule is CC(C)c1ccc(NC(=O)C2CCN(S(=O)(=O)c3ccc4c(c3)NC(=O)[C@H](C)S4)CC2)cc1. The molecule has 176 valence electrons. The smallest absolute Gasteiger partial charge is 0.243 e. The molecule has 0 bridgehead atoms. The molecule has 2 aliphatic rings. The fraction of sp³-hybridized carbons (Fsp3) is 0.417. The van der Waals surface area contributed by atoms with E-state index in [0.717, 1.165) is 10.6 Å². The summed E-state index contributed by atoms with van der Waals surface area (Å²) in [5, 5.41) is 5.53. The number of hydrogen-bond acceptors (Lipinski definition) is 5. The van der Waals surface area contributed by atoms with E-state index in [4.69, 9.17) is 0 Å². The number of carbonyl (C=O) groups excluding carboxylic acids is 2. The van der Waals surface area contributed by atoms with Crippen molar-refractivity contribution in [3.05, 3.63) is 48.0 Å². The Morgan fingerprint density at radius 2 is 1.79 bits per heavy atom. The lowest BCUT2D eigenvalue weighted by molar-refractivity contribution is -0.121. The first-order valence-corrected chi connectivity index (χ1v) is 13.5. The Morgan fingerprint density at radius 3 is 2.42 bits per heavy atom. The van der Waals surface area contributed by atoms with Crippen LogP contribution in [0.1, 0.15) is 45.1 Å². The molecule has 7 nitrogen and oxygen atoms in total. The van der Waals surface area contributed by atoms with E-state index in [1.54, 1.807) is 12.1 Å². The van der Waals surface area contributed by atoms with Gasteiger partial charge in [-0.05, 0) is 61.6 Å². The van der Waals surface area contributed by atoms with Gasteiger partial charge in [-0.2, -0.15) is 4.31 Å². The van der Waals surface area contributed by atoms with Crippen molar-refractivity contribution in [2.24, 2.45) is 5.92 Å². The number of fused-ring (bicyclic) bond motifs is 1. The number of anilines is 2. The van der Waals surface area contributed by atoms with Gasteiger partial charge in [0.15, 0.2) is 0 Å². The van der Waals surface area contributed by atoms with Crippen LogP contribution in [0.2, 0.25) is 0 Å². The Balaban J connectivity index is 1.38. The van der Waals surface area contributed by atoms with Gasteiger partial charge in [0.25, 0.3) is 0 Å². The van der Waals surface area contributed by atoms with Crippen LogP contribution in [0.15, 0.2) is 52.3 Å². The Labute approximate surface area is 199 Å². The van der Waals surface area contributed by atoms with Gasteiger partial charge in [0, 0.05) is 29.6 Å². The fourth-order valence-electron chi connectivity index (χ4n) is 4.05. The second-order valence-electron chi connectivity index (χ2n) is 8.85. The number of rotatable bonds is 5. The summed E-state index contributed by atoms with van der Waals surface area (Å²) in [6, 6.07) is 12.7. The lowest BCUT2D eigenvalue weighted by atomic mass is 9.97. The predicted octanol–water partition coefficient (Wildman–Crippen LogP) is 4.28. The van der Waals surface area contributed by atoms with Gasteiger partial charge in [-0.3, -0.25) is 9.59 Å². The number of benzene rings is 2. The molecule has 4 rings (SSSR count). The summed E-state index contributed by atoms with van der Waals surface area (Å²) in [5.74, 6) is -0.0173. The summed E-state index contributed by atoms with van der Waals surface area (Å²) in [5.41, 5.74) is 2.49. The number of carbonyl (C=O) groups is 2. The van der Waals surface area contributed by atoms with Gasteiger partial charge in [-0.25, -0.2) is 8.42 Å². The first kappa shape index (κ1) is 23.8. The minimum Gasteiger partial charge on any atom is -0.326 e. The minimum absolute atomic E-state index is 0.0769. The van der Waals surface area contributed by atoms with Crippen LogP contribution in [0.4, 0.5) is 11.4 Å². The molecule has 0 spiro atoms. The van der Waals surface area contributed by atoms with Gasteiger partial charge in [0.2, 0.25) is 21.8 Å². The van der Waals surface area contributed by atoms with Gasteiger partial charge in [0.05, 0.1) is 15.8 Å². The maximum atomic E-state index is 13.2. The van der Waals surface area contributed by atoms with Crippen molar-refractivity contribution in [3.63, 3.8) is 0 Å². The Hall–Kier alpha value is -2.36. The van der Waals surface area contributed by atoms with Crippen LogP contribution in [-0.2, 0) is 19.6 Å². The molecule has 1 fully saturated rings. The number of nitrogens with zero attached hydrogens (tertiary/aromatic N) is 1. The largest absolute Gasteiger partial charge is 0.326 e. The van der Waals surface area contributed by atoms with Crippen LogP contribution in [0.5, 0.6) is 0 Å². The third-order valence-electron chi connectivity index (χ3n) is 6.19. The van der Waals surface area contributed by atoms with Crippen molar-refractivity contribution in [2.45, 2.75) is 54.6 Å². The maximum Gasteiger partial charge on any atom is 0.243 e. The third kappa shape index (κ3) is 5.10. The molecule has 0 radical (unpaired) electrons. The average molecular weight is 488 g/mol. The van der Waals surface area contributed by atoms with E-state index < -0.39 is 10.0 Å². The van der Waals surface area contributed by atoms with E-state index in [0.29, 0.717) is 24.4 Å². The summed E-state index contributed by atoms with van der Waals surface area (Å²) in [6.45, 7) is 6.61. The zero-order valence-electron chi connectivity index (χ0n) is 19.0. The third-order valence-corrected chi connectivity index (χ3v) is 9.26. The molecule has 0 aliphatic carbocycles. The van der Waals surface area contributed by atoms with E-state index >= 15 is 0 Å². The highest BCUT2D eigenvalue weighted by Gasteiger charge is 2.33. The second-order valence-corrected chi connectivity index (χ2v) is 12.2. The molecule has 1 atom stereocenters. The molecule has 2 aromatic carbocycles. The minimum atomic E-state index is -3.71. The van der Waals surface area contributed by atoms with Crippen molar-refractivity contribution in [1.29, 1.82) is 0 Å². The van der Waals surface area contributed by atoms with Gasteiger partial charge in [-0.15, -0.1) is 11.8 Å². The molecule has 0 aromatic heterocycles. The number of hydrogen-bond donors (Lipinski definition) is 2. The predicted molar refractivity (Wildman–Crippen MR) is 131 cm³/mol. The molecule has 0 saturated carbocycles. The monoisotopic (exact) mass is 487 g/mol. The first-order valence-electron chi connectivity index (χ1n) is 11.2. The zero-order chi connectivity index (χ0) is 23.8. The molecule has 2 aromatic rings. The molecule has 2 heterocycles. The average Bonchev–Trinajstić information content (AvgIpc) is 2.80. The van der Waals surface area contributed by atoms with Crippen molar-refractivity contribution < 1.29 is 18.0 Å². The van der Waals surface area contributed by atoms with Gasteiger partial charge < -0.3 is 10.6 Å². The molecule has 33 heavy (non-hydrogen) atoms. The molecule has 0 unspecified atom stereocenters. The summed E-state index contributed by atoms with van der Waals surface area (Å²) in [4.78, 5) is 25.7. The highest BCUT2D eigenvalue weighted by Crippen LogP contribution is 2.37. The molecular formula is C24H29N3O4S2. The van der Waals surface area contributed by atoms with Crippen LogP contribution in [0.25, 0.3) is 0 Å². The lowest BCUT2D eigenvalue weighted by Crippen LogP contribution is -2.41. The molecule has 2 amide bonds. The molecule has 9 heteroatoms. The van der Waals surface area contributed by atoms with Gasteiger partial charge in [0.1, 0.15) is 0 Å². The van der Waals surface area contributed by atoms with Crippen molar-refractivity contribution in [3.8, 4) is 0 Å². The van der Waals surface area contributed by atoms with E-state index in [1.165, 1.54) is 27.7 Å². The van der Waals surface area contributed by atoms with E-state index in [1.807, 2.05) is 31.2 Å². The summed E-state index contributed by atoms with van der Waals surface area (Å²) in [7, 11) is -3.71. The zero-order valence-corrected chi connectivity index (χ0v) is 20.6. The standard InChI is InChI=1S/C24H29N3O4S2/c1-15(2)17-4-6-19(7-5-17)25-24(29)18-10-12-27(13-11-18)33(30,31)20-8-9-22-21(14-20)26-23(28)16(3)32-22/h4-9,14-16,18H,10-13H2,1-3H3,(H,25,29)(H,26,28)/t16-/m0/s1. The highest BCUT2D eigenvalue weighted by atomic mass is 32.2. The summed E-state index contributed by atoms with van der Waals surface area (Å²) < 4.78 is 27.8. The molecule has 2 aliphatic heterocycles. The highest BCUT2D eigenvalue weighted by molar-refractivity contribution is 8.01. The quantitative estimate of drug-likeness (QED) is 0.656. The molecule has 1 saturated heterocycles. The molecule has 2 N–H and O–H groups in total. The maximum absolute atomic E-state index is 13.2. The Kier molecular flexibility index (Phi) is 6.83.